The fourth-order valence-corrected chi connectivity index (χ4v) is 5.42. The van der Waals surface area contributed by atoms with Crippen LogP contribution in [0.15, 0.2) is 48.7 Å². The minimum atomic E-state index is 0.164. The lowest BCUT2D eigenvalue weighted by Crippen LogP contribution is -2.47. The molecule has 0 spiro atoms. The molecule has 1 aromatic carbocycles. The first kappa shape index (κ1) is 24.7. The smallest absolute Gasteiger partial charge is 0.242 e. The molecule has 2 aliphatic rings. The van der Waals surface area contributed by atoms with Gasteiger partial charge in [-0.05, 0) is 87.5 Å². The van der Waals surface area contributed by atoms with Gasteiger partial charge in [-0.15, -0.1) is 0 Å². The monoisotopic (exact) mass is 464 g/mol. The second kappa shape index (κ2) is 12.3. The number of para-hydroxylation sites is 1. The number of hydrogen-bond donors (Lipinski definition) is 0. The number of anilines is 1. The maximum atomic E-state index is 13.4. The predicted octanol–water partition coefficient (Wildman–Crippen LogP) is 4.42. The van der Waals surface area contributed by atoms with Crippen LogP contribution in [0.5, 0.6) is 5.75 Å². The number of methoxy groups -OCH3 is 1. The predicted molar refractivity (Wildman–Crippen MR) is 137 cm³/mol. The van der Waals surface area contributed by atoms with Gasteiger partial charge in [0, 0.05) is 19.3 Å². The Bertz CT molecular complexity index is 890. The second-order valence-corrected chi connectivity index (χ2v) is 9.72. The van der Waals surface area contributed by atoms with Crippen LogP contribution in [-0.2, 0) is 4.79 Å². The Morgan fingerprint density at radius 2 is 1.71 bits per heavy atom. The van der Waals surface area contributed by atoms with E-state index in [4.69, 9.17) is 4.74 Å². The van der Waals surface area contributed by atoms with Crippen LogP contribution in [0.1, 0.15) is 50.5 Å². The number of amides is 1. The molecule has 6 heteroatoms. The SMILES string of the molecule is CCC1CCN(CC(=O)N(CCN2CCC(c3ccccc3OC)CC2)c2ccccn2)CC1. The van der Waals surface area contributed by atoms with Crippen LogP contribution in [-0.4, -0.2) is 73.6 Å². The van der Waals surface area contributed by atoms with Gasteiger partial charge in [-0.3, -0.25) is 14.6 Å². The molecule has 3 heterocycles. The molecule has 34 heavy (non-hydrogen) atoms. The van der Waals surface area contributed by atoms with Gasteiger partial charge in [-0.25, -0.2) is 4.98 Å². The molecule has 0 N–H and O–H groups in total. The molecule has 1 amide bonds. The molecule has 1 aromatic heterocycles. The summed E-state index contributed by atoms with van der Waals surface area (Å²) in [7, 11) is 1.75. The standard InChI is InChI=1S/C28H40N4O2/c1-3-23-11-16-31(17-12-23)22-28(33)32(27-10-6-7-15-29-27)21-20-30-18-13-24(14-19-30)25-8-4-5-9-26(25)34-2/h4-10,15,23-24H,3,11-14,16-22H2,1-2H3. The first-order valence-corrected chi connectivity index (χ1v) is 13.0. The van der Waals surface area contributed by atoms with Gasteiger partial charge in [0.2, 0.25) is 5.91 Å². The van der Waals surface area contributed by atoms with E-state index in [1.807, 2.05) is 29.2 Å². The van der Waals surface area contributed by atoms with Crippen molar-refractivity contribution in [3.63, 3.8) is 0 Å². The van der Waals surface area contributed by atoms with Gasteiger partial charge >= 0.3 is 0 Å². The van der Waals surface area contributed by atoms with Crippen molar-refractivity contribution in [3.05, 3.63) is 54.2 Å². The lowest BCUT2D eigenvalue weighted by Gasteiger charge is -2.35. The molecule has 2 saturated heterocycles. The third-order valence-corrected chi connectivity index (χ3v) is 7.68. The lowest BCUT2D eigenvalue weighted by molar-refractivity contribution is -0.120. The summed E-state index contributed by atoms with van der Waals surface area (Å²) in [5.41, 5.74) is 1.32. The van der Waals surface area contributed by atoms with Crippen LogP contribution < -0.4 is 9.64 Å². The maximum absolute atomic E-state index is 13.4. The van der Waals surface area contributed by atoms with E-state index in [0.29, 0.717) is 19.0 Å². The molecule has 0 unspecified atom stereocenters. The Balaban J connectivity index is 1.32. The third kappa shape index (κ3) is 6.36. The van der Waals surface area contributed by atoms with Crippen molar-refractivity contribution in [3.8, 4) is 5.75 Å². The van der Waals surface area contributed by atoms with Crippen molar-refractivity contribution in [2.24, 2.45) is 5.92 Å². The molecule has 184 valence electrons. The van der Waals surface area contributed by atoms with Gasteiger partial charge in [-0.1, -0.05) is 37.6 Å². The number of rotatable bonds is 9. The molecule has 0 aliphatic carbocycles. The molecule has 0 bridgehead atoms. The average Bonchev–Trinajstić information content (AvgIpc) is 2.90. The van der Waals surface area contributed by atoms with E-state index in [-0.39, 0.29) is 5.91 Å². The number of carbonyl (C=O) groups excluding carboxylic acids is 1. The summed E-state index contributed by atoms with van der Waals surface area (Å²) in [6, 6.07) is 14.2. The number of carbonyl (C=O) groups is 1. The van der Waals surface area contributed by atoms with Crippen LogP contribution in [0.25, 0.3) is 0 Å². The van der Waals surface area contributed by atoms with E-state index in [2.05, 4.69) is 39.9 Å². The number of likely N-dealkylation sites (tertiary alicyclic amines) is 2. The summed E-state index contributed by atoms with van der Waals surface area (Å²) in [6.45, 7) is 8.44. The van der Waals surface area contributed by atoms with Crippen molar-refractivity contribution in [2.75, 3.05) is 57.8 Å². The summed E-state index contributed by atoms with van der Waals surface area (Å²) < 4.78 is 5.59. The number of ether oxygens (including phenoxy) is 1. The molecule has 6 nitrogen and oxygen atoms in total. The van der Waals surface area contributed by atoms with Crippen LogP contribution in [0, 0.1) is 5.92 Å². The normalized spacial score (nSPS) is 18.6. The first-order chi connectivity index (χ1) is 16.7. The van der Waals surface area contributed by atoms with Gasteiger partial charge in [0.25, 0.3) is 0 Å². The largest absolute Gasteiger partial charge is 0.496 e. The van der Waals surface area contributed by atoms with Crippen molar-refractivity contribution >= 4 is 11.7 Å². The van der Waals surface area contributed by atoms with Crippen LogP contribution in [0.2, 0.25) is 0 Å². The molecule has 2 aliphatic heterocycles. The molecular weight excluding hydrogens is 424 g/mol. The van der Waals surface area contributed by atoms with Gasteiger partial charge in [0.1, 0.15) is 11.6 Å². The molecular formula is C28H40N4O2. The van der Waals surface area contributed by atoms with Crippen molar-refractivity contribution in [1.29, 1.82) is 0 Å². The molecule has 2 aromatic rings. The number of hydrogen-bond acceptors (Lipinski definition) is 5. The highest BCUT2D eigenvalue weighted by molar-refractivity contribution is 5.93. The summed E-state index contributed by atoms with van der Waals surface area (Å²) in [4.78, 5) is 24.6. The maximum Gasteiger partial charge on any atom is 0.242 e. The van der Waals surface area contributed by atoms with E-state index in [1.165, 1.54) is 24.8 Å². The quantitative estimate of drug-likeness (QED) is 0.550. The summed E-state index contributed by atoms with van der Waals surface area (Å²) >= 11 is 0. The lowest BCUT2D eigenvalue weighted by atomic mass is 9.89. The zero-order chi connectivity index (χ0) is 23.8. The Morgan fingerprint density at radius 3 is 2.38 bits per heavy atom. The van der Waals surface area contributed by atoms with Crippen LogP contribution in [0.3, 0.4) is 0 Å². The molecule has 0 radical (unpaired) electrons. The number of aromatic nitrogens is 1. The highest BCUT2D eigenvalue weighted by Gasteiger charge is 2.26. The first-order valence-electron chi connectivity index (χ1n) is 13.0. The Kier molecular flexibility index (Phi) is 8.94. The zero-order valence-corrected chi connectivity index (χ0v) is 20.9. The minimum Gasteiger partial charge on any atom is -0.496 e. The topological polar surface area (TPSA) is 48.9 Å². The number of piperidine rings is 2. The Morgan fingerprint density at radius 1 is 1.00 bits per heavy atom. The molecule has 4 rings (SSSR count). The van der Waals surface area contributed by atoms with Gasteiger partial charge in [-0.2, -0.15) is 0 Å². The Labute approximate surface area is 204 Å². The fourth-order valence-electron chi connectivity index (χ4n) is 5.42. The van der Waals surface area contributed by atoms with Gasteiger partial charge in [0.15, 0.2) is 0 Å². The number of benzene rings is 1. The van der Waals surface area contributed by atoms with Crippen LogP contribution in [0.4, 0.5) is 5.82 Å². The van der Waals surface area contributed by atoms with E-state index >= 15 is 0 Å². The van der Waals surface area contributed by atoms with E-state index in [9.17, 15) is 4.79 Å². The van der Waals surface area contributed by atoms with E-state index in [1.54, 1.807) is 13.3 Å². The molecule has 2 fully saturated rings. The second-order valence-electron chi connectivity index (χ2n) is 9.72. The molecule has 0 atom stereocenters. The number of nitrogens with zero attached hydrogens (tertiary/aromatic N) is 4. The van der Waals surface area contributed by atoms with E-state index < -0.39 is 0 Å². The minimum absolute atomic E-state index is 0.164. The summed E-state index contributed by atoms with van der Waals surface area (Å²) in [5.74, 6) is 3.28. The summed E-state index contributed by atoms with van der Waals surface area (Å²) in [6.07, 6.45) is 7.66. The molecule has 0 saturated carbocycles. The van der Waals surface area contributed by atoms with Crippen molar-refractivity contribution < 1.29 is 9.53 Å². The van der Waals surface area contributed by atoms with Crippen LogP contribution >= 0.6 is 0 Å². The highest BCUT2D eigenvalue weighted by Crippen LogP contribution is 2.34. The fraction of sp³-hybridized carbons (Fsp3) is 0.571. The highest BCUT2D eigenvalue weighted by atomic mass is 16.5. The Hall–Kier alpha value is -2.44. The van der Waals surface area contributed by atoms with Crippen molar-refractivity contribution in [1.82, 2.24) is 14.8 Å². The third-order valence-electron chi connectivity index (χ3n) is 7.68. The average molecular weight is 465 g/mol. The van der Waals surface area contributed by atoms with Crippen molar-refractivity contribution in [2.45, 2.75) is 44.9 Å². The van der Waals surface area contributed by atoms with Gasteiger partial charge < -0.3 is 9.64 Å². The van der Waals surface area contributed by atoms with E-state index in [0.717, 1.165) is 63.1 Å². The van der Waals surface area contributed by atoms with Gasteiger partial charge in [0.05, 0.1) is 13.7 Å². The number of pyridine rings is 1. The summed E-state index contributed by atoms with van der Waals surface area (Å²) in [5, 5.41) is 0. The zero-order valence-electron chi connectivity index (χ0n) is 20.9.